The fraction of sp³-hybridized carbons (Fsp3) is 0.571. The van der Waals surface area contributed by atoms with Crippen LogP contribution >= 0.6 is 0 Å². The summed E-state index contributed by atoms with van der Waals surface area (Å²) in [5.41, 5.74) is 15.4. The molecular formula is C7H16N6O. The predicted molar refractivity (Wildman–Crippen MR) is 55.1 cm³/mol. The molecule has 0 radical (unpaired) electrons. The maximum absolute atomic E-state index is 8.07. The van der Waals surface area contributed by atoms with Gasteiger partial charge in [0, 0.05) is 6.61 Å². The predicted octanol–water partition coefficient (Wildman–Crippen LogP) is -0.603. The molecular weight excluding hydrogens is 184 g/mol. The molecule has 7 nitrogen and oxygen atoms in total. The molecule has 0 bridgehead atoms. The third-order valence-electron chi connectivity index (χ3n) is 1.20. The fourth-order valence-corrected chi connectivity index (χ4v) is 0.585. The summed E-state index contributed by atoms with van der Waals surface area (Å²) in [6.07, 6.45) is 2.04. The number of hydrogen-bond donors (Lipinski definition) is 4. The number of anilines is 3. The molecule has 0 amide bonds. The van der Waals surface area contributed by atoms with Crippen LogP contribution in [0.15, 0.2) is 0 Å². The Morgan fingerprint density at radius 3 is 1.50 bits per heavy atom. The fourth-order valence-electron chi connectivity index (χ4n) is 0.585. The van der Waals surface area contributed by atoms with Crippen LogP contribution in [0.25, 0.3) is 0 Å². The quantitative estimate of drug-likeness (QED) is 0.500. The molecule has 0 atom stereocenters. The molecule has 1 rings (SSSR count). The topological polar surface area (TPSA) is 137 Å². The zero-order chi connectivity index (χ0) is 11.0. The lowest BCUT2D eigenvalue weighted by molar-refractivity contribution is 0.287. The van der Waals surface area contributed by atoms with Gasteiger partial charge in [-0.3, -0.25) is 0 Å². The minimum absolute atomic E-state index is 0.0417. The van der Waals surface area contributed by atoms with Crippen molar-refractivity contribution >= 4 is 17.8 Å². The first-order valence-corrected chi connectivity index (χ1v) is 4.23. The summed E-state index contributed by atoms with van der Waals surface area (Å²) in [6.45, 7) is 2.40. The molecule has 0 unspecified atom stereocenters. The molecule has 1 aromatic heterocycles. The molecule has 0 spiro atoms. The van der Waals surface area contributed by atoms with Crippen molar-refractivity contribution in [3.63, 3.8) is 0 Å². The Bertz CT molecular complexity index is 214. The van der Waals surface area contributed by atoms with Gasteiger partial charge in [0.05, 0.1) is 0 Å². The largest absolute Gasteiger partial charge is 0.396 e. The van der Waals surface area contributed by atoms with Crippen molar-refractivity contribution in [1.82, 2.24) is 15.0 Å². The zero-order valence-electron chi connectivity index (χ0n) is 8.14. The van der Waals surface area contributed by atoms with E-state index in [1.54, 1.807) is 0 Å². The molecule has 1 aromatic rings. The molecule has 0 aliphatic heterocycles. The van der Waals surface area contributed by atoms with E-state index < -0.39 is 0 Å². The van der Waals surface area contributed by atoms with Gasteiger partial charge >= 0.3 is 0 Å². The highest BCUT2D eigenvalue weighted by Crippen LogP contribution is 1.97. The number of aromatic nitrogens is 3. The van der Waals surface area contributed by atoms with Crippen molar-refractivity contribution in [3.05, 3.63) is 0 Å². The van der Waals surface area contributed by atoms with E-state index >= 15 is 0 Å². The van der Waals surface area contributed by atoms with Gasteiger partial charge in [-0.2, -0.15) is 15.0 Å². The molecule has 0 saturated heterocycles. The Balaban J connectivity index is 0.000000292. The van der Waals surface area contributed by atoms with Crippen molar-refractivity contribution in [1.29, 1.82) is 0 Å². The number of hydrogen-bond acceptors (Lipinski definition) is 7. The van der Waals surface area contributed by atoms with Crippen molar-refractivity contribution in [2.24, 2.45) is 0 Å². The molecule has 0 fully saturated rings. The van der Waals surface area contributed by atoms with E-state index in [0.717, 1.165) is 12.8 Å². The average molecular weight is 200 g/mol. The summed E-state index contributed by atoms with van der Waals surface area (Å²) in [5.74, 6) is 0.125. The SMILES string of the molecule is CCCCO.Nc1nc(N)nc(N)n1. The van der Waals surface area contributed by atoms with Crippen LogP contribution in [0.3, 0.4) is 0 Å². The van der Waals surface area contributed by atoms with Gasteiger partial charge in [-0.1, -0.05) is 13.3 Å². The number of nitrogens with zero attached hydrogens (tertiary/aromatic N) is 3. The van der Waals surface area contributed by atoms with Crippen LogP contribution in [0.5, 0.6) is 0 Å². The minimum Gasteiger partial charge on any atom is -0.396 e. The van der Waals surface area contributed by atoms with Gasteiger partial charge in [-0.25, -0.2) is 0 Å². The average Bonchev–Trinajstić information content (AvgIpc) is 2.03. The third-order valence-corrected chi connectivity index (χ3v) is 1.20. The highest BCUT2D eigenvalue weighted by Gasteiger charge is 1.93. The number of aliphatic hydroxyl groups is 1. The molecule has 0 aliphatic rings. The smallest absolute Gasteiger partial charge is 0.226 e. The molecule has 7 heteroatoms. The summed E-state index contributed by atoms with van der Waals surface area (Å²) in [5, 5.41) is 8.07. The van der Waals surface area contributed by atoms with Crippen LogP contribution in [-0.2, 0) is 0 Å². The van der Waals surface area contributed by atoms with Crippen molar-refractivity contribution in [3.8, 4) is 0 Å². The lowest BCUT2D eigenvalue weighted by Crippen LogP contribution is -2.05. The second kappa shape index (κ2) is 6.84. The van der Waals surface area contributed by atoms with Crippen LogP contribution in [0.1, 0.15) is 19.8 Å². The van der Waals surface area contributed by atoms with Crippen LogP contribution in [0.4, 0.5) is 17.8 Å². The second-order valence-electron chi connectivity index (χ2n) is 2.49. The molecule has 0 aliphatic carbocycles. The third kappa shape index (κ3) is 5.95. The number of unbranched alkanes of at least 4 members (excludes halogenated alkanes) is 1. The molecule has 14 heavy (non-hydrogen) atoms. The Kier molecular flexibility index (Phi) is 6.04. The normalized spacial score (nSPS) is 9.00. The van der Waals surface area contributed by atoms with E-state index in [0.29, 0.717) is 6.61 Å². The van der Waals surface area contributed by atoms with Gasteiger partial charge in [0.25, 0.3) is 0 Å². The first kappa shape index (κ1) is 12.4. The van der Waals surface area contributed by atoms with Crippen LogP contribution in [0.2, 0.25) is 0 Å². The monoisotopic (exact) mass is 200 g/mol. The van der Waals surface area contributed by atoms with E-state index in [2.05, 4.69) is 21.9 Å². The van der Waals surface area contributed by atoms with Crippen LogP contribution < -0.4 is 17.2 Å². The first-order chi connectivity index (χ1) is 6.60. The van der Waals surface area contributed by atoms with E-state index in [1.807, 2.05) is 0 Å². The minimum atomic E-state index is 0.0417. The number of rotatable bonds is 2. The number of nitrogens with two attached hydrogens (primary N) is 3. The highest BCUT2D eigenvalue weighted by atomic mass is 16.2. The summed E-state index contributed by atoms with van der Waals surface area (Å²) in [7, 11) is 0. The summed E-state index contributed by atoms with van der Waals surface area (Å²) in [6, 6.07) is 0. The molecule has 0 aromatic carbocycles. The highest BCUT2D eigenvalue weighted by molar-refractivity contribution is 5.33. The van der Waals surface area contributed by atoms with Crippen LogP contribution in [0, 0.1) is 0 Å². The van der Waals surface area contributed by atoms with Gasteiger partial charge in [0.15, 0.2) is 0 Å². The summed E-state index contributed by atoms with van der Waals surface area (Å²) >= 11 is 0. The van der Waals surface area contributed by atoms with Crippen molar-refractivity contribution < 1.29 is 5.11 Å². The van der Waals surface area contributed by atoms with Gasteiger partial charge in [-0.05, 0) is 6.42 Å². The van der Waals surface area contributed by atoms with Gasteiger partial charge in [-0.15, -0.1) is 0 Å². The van der Waals surface area contributed by atoms with Crippen molar-refractivity contribution in [2.45, 2.75) is 19.8 Å². The molecule has 80 valence electrons. The van der Waals surface area contributed by atoms with E-state index in [-0.39, 0.29) is 17.8 Å². The van der Waals surface area contributed by atoms with E-state index in [1.165, 1.54) is 0 Å². The standard InChI is InChI=1S/C4H10O.C3H6N6/c1-2-3-4-5;4-1-7-2(5)9-3(6)8-1/h5H,2-4H2,1H3;(H6,4,5,6,7,8,9). The van der Waals surface area contributed by atoms with E-state index in [4.69, 9.17) is 22.3 Å². The molecule has 0 saturated carbocycles. The maximum atomic E-state index is 8.07. The Hall–Kier alpha value is -1.63. The van der Waals surface area contributed by atoms with Crippen LogP contribution in [-0.4, -0.2) is 26.7 Å². The summed E-state index contributed by atoms with van der Waals surface area (Å²) in [4.78, 5) is 10.5. The maximum Gasteiger partial charge on any atom is 0.226 e. The number of nitrogen functional groups attached to an aromatic ring is 3. The second-order valence-corrected chi connectivity index (χ2v) is 2.49. The van der Waals surface area contributed by atoms with Crippen molar-refractivity contribution in [2.75, 3.05) is 23.8 Å². The Morgan fingerprint density at radius 1 is 1.00 bits per heavy atom. The van der Waals surface area contributed by atoms with Gasteiger partial charge in [0.1, 0.15) is 0 Å². The van der Waals surface area contributed by atoms with E-state index in [9.17, 15) is 0 Å². The lowest BCUT2D eigenvalue weighted by Gasteiger charge is -1.93. The number of aliphatic hydroxyl groups excluding tert-OH is 1. The summed E-state index contributed by atoms with van der Waals surface area (Å²) < 4.78 is 0. The van der Waals surface area contributed by atoms with Gasteiger partial charge in [0.2, 0.25) is 17.8 Å². The first-order valence-electron chi connectivity index (χ1n) is 4.23. The lowest BCUT2D eigenvalue weighted by atomic mass is 10.4. The Labute approximate surface area is 82.4 Å². The zero-order valence-corrected chi connectivity index (χ0v) is 8.14. The molecule has 1 heterocycles. The Morgan fingerprint density at radius 2 is 1.36 bits per heavy atom. The molecule has 7 N–H and O–H groups in total. The van der Waals surface area contributed by atoms with Gasteiger partial charge < -0.3 is 22.3 Å².